The second-order valence-electron chi connectivity index (χ2n) is 6.23. The summed E-state index contributed by atoms with van der Waals surface area (Å²) in [5.74, 6) is -0.171. The van der Waals surface area contributed by atoms with Crippen LogP contribution in [-0.4, -0.2) is 24.4 Å². The standard InChI is InChI=1S/C18H26N2O2/c1-13-8-7-11-17(14(13)2)20(15(3)21)12-18(22)19-16-9-5-4-6-10-16/h7-8,11,16H,4-6,9-10,12H2,1-3H3,(H,19,22). The number of anilines is 1. The van der Waals surface area contributed by atoms with Gasteiger partial charge in [0.2, 0.25) is 11.8 Å². The Morgan fingerprint density at radius 1 is 1.18 bits per heavy atom. The Morgan fingerprint density at radius 2 is 1.86 bits per heavy atom. The zero-order valence-electron chi connectivity index (χ0n) is 13.8. The first kappa shape index (κ1) is 16.5. The summed E-state index contributed by atoms with van der Waals surface area (Å²) in [5, 5.41) is 3.08. The van der Waals surface area contributed by atoms with Gasteiger partial charge in [0.1, 0.15) is 6.54 Å². The lowest BCUT2D eigenvalue weighted by atomic mass is 9.95. The van der Waals surface area contributed by atoms with E-state index in [1.807, 2.05) is 32.0 Å². The van der Waals surface area contributed by atoms with E-state index in [4.69, 9.17) is 0 Å². The number of carbonyl (C=O) groups excluding carboxylic acids is 2. The Hall–Kier alpha value is -1.84. The molecule has 0 aromatic heterocycles. The lowest BCUT2D eigenvalue weighted by Crippen LogP contribution is -2.44. The van der Waals surface area contributed by atoms with Crippen LogP contribution >= 0.6 is 0 Å². The summed E-state index contributed by atoms with van der Waals surface area (Å²) in [4.78, 5) is 25.8. The fourth-order valence-corrected chi connectivity index (χ4v) is 3.06. The number of amides is 2. The molecule has 120 valence electrons. The van der Waals surface area contributed by atoms with E-state index in [0.29, 0.717) is 0 Å². The molecule has 1 aliphatic carbocycles. The minimum Gasteiger partial charge on any atom is -0.352 e. The maximum atomic E-state index is 12.3. The van der Waals surface area contributed by atoms with Crippen LogP contribution in [0.2, 0.25) is 0 Å². The van der Waals surface area contributed by atoms with Crippen LogP contribution in [0.25, 0.3) is 0 Å². The van der Waals surface area contributed by atoms with Gasteiger partial charge < -0.3 is 10.2 Å². The highest BCUT2D eigenvalue weighted by molar-refractivity contribution is 5.98. The van der Waals surface area contributed by atoms with Crippen LogP contribution in [0.4, 0.5) is 5.69 Å². The number of hydrogen-bond acceptors (Lipinski definition) is 2. The summed E-state index contributed by atoms with van der Waals surface area (Å²) in [6, 6.07) is 6.11. The third-order valence-corrected chi connectivity index (χ3v) is 4.52. The van der Waals surface area contributed by atoms with E-state index in [1.54, 1.807) is 4.90 Å². The second kappa shape index (κ2) is 7.43. The molecule has 1 aromatic carbocycles. The van der Waals surface area contributed by atoms with E-state index in [9.17, 15) is 9.59 Å². The molecule has 0 bridgehead atoms. The maximum absolute atomic E-state index is 12.3. The quantitative estimate of drug-likeness (QED) is 0.929. The largest absolute Gasteiger partial charge is 0.352 e. The van der Waals surface area contributed by atoms with Gasteiger partial charge in [-0.25, -0.2) is 0 Å². The third-order valence-electron chi connectivity index (χ3n) is 4.52. The Balaban J connectivity index is 2.06. The topological polar surface area (TPSA) is 49.4 Å². The lowest BCUT2D eigenvalue weighted by molar-refractivity contribution is -0.123. The van der Waals surface area contributed by atoms with E-state index in [1.165, 1.54) is 26.2 Å². The average Bonchev–Trinajstić information content (AvgIpc) is 2.49. The highest BCUT2D eigenvalue weighted by atomic mass is 16.2. The van der Waals surface area contributed by atoms with Crippen molar-refractivity contribution in [3.05, 3.63) is 29.3 Å². The zero-order chi connectivity index (χ0) is 16.1. The van der Waals surface area contributed by atoms with Crippen LogP contribution in [-0.2, 0) is 9.59 Å². The SMILES string of the molecule is CC(=O)N(CC(=O)NC1CCCCC1)c1cccc(C)c1C. The molecule has 2 rings (SSSR count). The van der Waals surface area contributed by atoms with Gasteiger partial charge >= 0.3 is 0 Å². The fourth-order valence-electron chi connectivity index (χ4n) is 3.06. The lowest BCUT2D eigenvalue weighted by Gasteiger charge is -2.26. The molecule has 0 spiro atoms. The van der Waals surface area contributed by atoms with Crippen molar-refractivity contribution >= 4 is 17.5 Å². The molecule has 0 aliphatic heterocycles. The molecular formula is C18H26N2O2. The van der Waals surface area contributed by atoms with Crippen molar-refractivity contribution < 1.29 is 9.59 Å². The summed E-state index contributed by atoms with van der Waals surface area (Å²) in [5.41, 5.74) is 2.99. The molecule has 4 heteroatoms. The minimum atomic E-state index is -0.104. The number of carbonyl (C=O) groups is 2. The van der Waals surface area contributed by atoms with Crippen LogP contribution in [0.3, 0.4) is 0 Å². The Morgan fingerprint density at radius 3 is 2.50 bits per heavy atom. The van der Waals surface area contributed by atoms with Gasteiger partial charge in [-0.1, -0.05) is 31.4 Å². The molecule has 0 radical (unpaired) electrons. The van der Waals surface area contributed by atoms with E-state index < -0.39 is 0 Å². The van der Waals surface area contributed by atoms with Gasteiger partial charge in [-0.3, -0.25) is 9.59 Å². The number of benzene rings is 1. The fraction of sp³-hybridized carbons (Fsp3) is 0.556. The molecule has 0 saturated heterocycles. The molecule has 1 saturated carbocycles. The molecule has 4 nitrogen and oxygen atoms in total. The smallest absolute Gasteiger partial charge is 0.240 e. The van der Waals surface area contributed by atoms with Crippen LogP contribution in [0.15, 0.2) is 18.2 Å². The van der Waals surface area contributed by atoms with Gasteiger partial charge in [0.25, 0.3) is 0 Å². The highest BCUT2D eigenvalue weighted by Gasteiger charge is 2.21. The van der Waals surface area contributed by atoms with E-state index in [0.717, 1.165) is 29.7 Å². The predicted octanol–water partition coefficient (Wildman–Crippen LogP) is 3.11. The van der Waals surface area contributed by atoms with Gasteiger partial charge in [0.05, 0.1) is 0 Å². The summed E-state index contributed by atoms with van der Waals surface area (Å²) < 4.78 is 0. The first-order chi connectivity index (χ1) is 10.5. The van der Waals surface area contributed by atoms with Crippen molar-refractivity contribution in [2.45, 2.75) is 58.9 Å². The van der Waals surface area contributed by atoms with Crippen molar-refractivity contribution in [2.24, 2.45) is 0 Å². The molecule has 1 fully saturated rings. The minimum absolute atomic E-state index is 0.0667. The molecule has 1 aromatic rings. The van der Waals surface area contributed by atoms with E-state index in [2.05, 4.69) is 5.32 Å². The number of hydrogen-bond donors (Lipinski definition) is 1. The van der Waals surface area contributed by atoms with Crippen molar-refractivity contribution in [1.29, 1.82) is 0 Å². The summed E-state index contributed by atoms with van der Waals surface area (Å²) in [6.45, 7) is 5.60. The van der Waals surface area contributed by atoms with Crippen molar-refractivity contribution in [3.63, 3.8) is 0 Å². The third kappa shape index (κ3) is 4.09. The summed E-state index contributed by atoms with van der Waals surface area (Å²) in [6.07, 6.45) is 5.72. The van der Waals surface area contributed by atoms with E-state index >= 15 is 0 Å². The zero-order valence-corrected chi connectivity index (χ0v) is 13.8. The summed E-state index contributed by atoms with van der Waals surface area (Å²) >= 11 is 0. The maximum Gasteiger partial charge on any atom is 0.240 e. The molecule has 0 unspecified atom stereocenters. The van der Waals surface area contributed by atoms with Crippen LogP contribution < -0.4 is 10.2 Å². The molecular weight excluding hydrogens is 276 g/mol. The number of rotatable bonds is 4. The van der Waals surface area contributed by atoms with Crippen molar-refractivity contribution in [3.8, 4) is 0 Å². The molecule has 1 N–H and O–H groups in total. The molecule has 1 aliphatic rings. The predicted molar refractivity (Wildman–Crippen MR) is 89.0 cm³/mol. The van der Waals surface area contributed by atoms with Gasteiger partial charge in [-0.15, -0.1) is 0 Å². The normalized spacial score (nSPS) is 15.4. The molecule has 2 amide bonds. The Kier molecular flexibility index (Phi) is 5.58. The number of nitrogens with zero attached hydrogens (tertiary/aromatic N) is 1. The monoisotopic (exact) mass is 302 g/mol. The highest BCUT2D eigenvalue weighted by Crippen LogP contribution is 2.23. The van der Waals surface area contributed by atoms with Crippen LogP contribution in [0.1, 0.15) is 50.2 Å². The molecule has 0 atom stereocenters. The van der Waals surface area contributed by atoms with E-state index in [-0.39, 0.29) is 24.4 Å². The number of nitrogens with one attached hydrogen (secondary N) is 1. The van der Waals surface area contributed by atoms with Gasteiger partial charge in [-0.05, 0) is 43.9 Å². The second-order valence-corrected chi connectivity index (χ2v) is 6.23. The van der Waals surface area contributed by atoms with Gasteiger partial charge in [-0.2, -0.15) is 0 Å². The van der Waals surface area contributed by atoms with Crippen molar-refractivity contribution in [2.75, 3.05) is 11.4 Å². The molecule has 22 heavy (non-hydrogen) atoms. The first-order valence-electron chi connectivity index (χ1n) is 8.12. The van der Waals surface area contributed by atoms with Crippen molar-refractivity contribution in [1.82, 2.24) is 5.32 Å². The van der Waals surface area contributed by atoms with Crippen LogP contribution in [0.5, 0.6) is 0 Å². The van der Waals surface area contributed by atoms with Gasteiger partial charge in [0, 0.05) is 18.7 Å². The van der Waals surface area contributed by atoms with Crippen LogP contribution in [0, 0.1) is 13.8 Å². The average molecular weight is 302 g/mol. The Labute approximate surface area is 132 Å². The molecule has 0 heterocycles. The number of aryl methyl sites for hydroxylation is 1. The van der Waals surface area contributed by atoms with Gasteiger partial charge in [0.15, 0.2) is 0 Å². The Bertz CT molecular complexity index is 548. The first-order valence-corrected chi connectivity index (χ1v) is 8.12. The summed E-state index contributed by atoms with van der Waals surface area (Å²) in [7, 11) is 0.